The third-order valence-corrected chi connectivity index (χ3v) is 4.36. The van der Waals surface area contributed by atoms with Crippen LogP contribution in [-0.2, 0) is 4.74 Å². The minimum atomic E-state index is -0.381. The lowest BCUT2D eigenvalue weighted by molar-refractivity contribution is -0.0106. The maximum atomic E-state index is 12.9. The summed E-state index contributed by atoms with van der Waals surface area (Å²) in [5, 5.41) is 7.87. The Morgan fingerprint density at radius 2 is 2.24 bits per heavy atom. The predicted octanol–water partition coefficient (Wildman–Crippen LogP) is 1.78. The summed E-state index contributed by atoms with van der Waals surface area (Å²) in [6.45, 7) is 3.69. The Kier molecular flexibility index (Phi) is 4.35. The quantitative estimate of drug-likeness (QED) is 0.816. The van der Waals surface area contributed by atoms with Crippen molar-refractivity contribution in [2.24, 2.45) is 5.92 Å². The molecule has 1 amide bonds. The molecular weight excluding hydrogens is 324 g/mol. The Hall–Kier alpha value is -2.48. The number of morpholine rings is 1. The van der Waals surface area contributed by atoms with Crippen molar-refractivity contribution < 1.29 is 18.7 Å². The third-order valence-electron chi connectivity index (χ3n) is 4.36. The average molecular weight is 344 g/mol. The fraction of sp³-hybridized carbons (Fsp3) is 0.529. The van der Waals surface area contributed by atoms with Gasteiger partial charge in [-0.15, -0.1) is 10.2 Å². The van der Waals surface area contributed by atoms with Crippen LogP contribution in [0.2, 0.25) is 0 Å². The van der Waals surface area contributed by atoms with Crippen molar-refractivity contribution in [2.45, 2.75) is 25.8 Å². The van der Waals surface area contributed by atoms with Crippen molar-refractivity contribution >= 4 is 5.91 Å². The third kappa shape index (κ3) is 3.63. The molecule has 8 nitrogen and oxygen atoms in total. The van der Waals surface area contributed by atoms with Gasteiger partial charge < -0.3 is 18.8 Å². The number of aryl methyl sites for hydroxylation is 1. The molecule has 3 heterocycles. The lowest BCUT2D eigenvalue weighted by atomic mass is 10.1. The molecule has 25 heavy (non-hydrogen) atoms. The van der Waals surface area contributed by atoms with E-state index in [-0.39, 0.29) is 11.9 Å². The molecule has 8 heteroatoms. The summed E-state index contributed by atoms with van der Waals surface area (Å²) in [4.78, 5) is 18.8. The zero-order valence-corrected chi connectivity index (χ0v) is 14.1. The van der Waals surface area contributed by atoms with Gasteiger partial charge >= 0.3 is 0 Å². The highest BCUT2D eigenvalue weighted by Gasteiger charge is 2.33. The molecule has 0 radical (unpaired) electrons. The largest absolute Gasteiger partial charge is 0.477 e. The van der Waals surface area contributed by atoms with Crippen LogP contribution in [-0.4, -0.2) is 52.4 Å². The van der Waals surface area contributed by atoms with Crippen molar-refractivity contribution in [3.05, 3.63) is 35.7 Å². The number of ether oxygens (including phenoxy) is 2. The van der Waals surface area contributed by atoms with Gasteiger partial charge in [-0.3, -0.25) is 4.79 Å². The second-order valence-electron chi connectivity index (χ2n) is 6.39. The average Bonchev–Trinajstić information content (AvgIpc) is 3.39. The van der Waals surface area contributed by atoms with Crippen LogP contribution in [0.4, 0.5) is 0 Å². The van der Waals surface area contributed by atoms with Gasteiger partial charge in [0, 0.05) is 25.7 Å². The highest BCUT2D eigenvalue weighted by Crippen LogP contribution is 2.29. The van der Waals surface area contributed by atoms with Crippen LogP contribution >= 0.6 is 0 Å². The SMILES string of the molecule is Cc1nnc([C@H]2COCCN2C(=O)c2ccc(OCC3CC3)nc2)o1. The monoisotopic (exact) mass is 344 g/mol. The predicted molar refractivity (Wildman–Crippen MR) is 86.1 cm³/mol. The van der Waals surface area contributed by atoms with Gasteiger partial charge in [0.25, 0.3) is 5.91 Å². The molecule has 1 aliphatic heterocycles. The number of pyridine rings is 1. The summed E-state index contributed by atoms with van der Waals surface area (Å²) in [5.41, 5.74) is 0.502. The van der Waals surface area contributed by atoms with Gasteiger partial charge in [0.15, 0.2) is 0 Å². The van der Waals surface area contributed by atoms with Crippen LogP contribution in [0.3, 0.4) is 0 Å². The van der Waals surface area contributed by atoms with E-state index >= 15 is 0 Å². The first kappa shape index (κ1) is 16.0. The molecule has 4 rings (SSSR count). The summed E-state index contributed by atoms with van der Waals surface area (Å²) >= 11 is 0. The summed E-state index contributed by atoms with van der Waals surface area (Å²) < 4.78 is 16.6. The Bertz CT molecular complexity index is 741. The summed E-state index contributed by atoms with van der Waals surface area (Å²) in [7, 11) is 0. The number of rotatable bonds is 5. The van der Waals surface area contributed by atoms with Gasteiger partial charge in [-0.05, 0) is 24.8 Å². The normalized spacial score (nSPS) is 20.5. The number of hydrogen-bond acceptors (Lipinski definition) is 7. The van der Waals surface area contributed by atoms with Crippen molar-refractivity contribution in [3.63, 3.8) is 0 Å². The molecular formula is C17H20N4O4. The second kappa shape index (κ2) is 6.79. The zero-order valence-electron chi connectivity index (χ0n) is 14.1. The molecule has 2 aromatic rings. The first-order valence-corrected chi connectivity index (χ1v) is 8.48. The molecule has 2 fully saturated rings. The minimum Gasteiger partial charge on any atom is -0.477 e. The number of nitrogens with zero attached hydrogens (tertiary/aromatic N) is 4. The van der Waals surface area contributed by atoms with E-state index in [1.807, 2.05) is 0 Å². The number of carbonyl (C=O) groups excluding carboxylic acids is 1. The fourth-order valence-electron chi connectivity index (χ4n) is 2.74. The highest BCUT2D eigenvalue weighted by molar-refractivity contribution is 5.94. The fourth-order valence-corrected chi connectivity index (χ4v) is 2.74. The van der Waals surface area contributed by atoms with Crippen molar-refractivity contribution in [1.29, 1.82) is 0 Å². The van der Waals surface area contributed by atoms with E-state index < -0.39 is 0 Å². The van der Waals surface area contributed by atoms with Crippen LogP contribution < -0.4 is 4.74 Å². The van der Waals surface area contributed by atoms with E-state index in [1.54, 1.807) is 30.2 Å². The van der Waals surface area contributed by atoms with Crippen molar-refractivity contribution in [2.75, 3.05) is 26.4 Å². The molecule has 1 atom stereocenters. The van der Waals surface area contributed by atoms with E-state index in [9.17, 15) is 4.79 Å². The van der Waals surface area contributed by atoms with Crippen LogP contribution in [0.25, 0.3) is 0 Å². The van der Waals surface area contributed by atoms with Gasteiger partial charge in [-0.1, -0.05) is 0 Å². The van der Waals surface area contributed by atoms with Crippen LogP contribution in [0.15, 0.2) is 22.7 Å². The summed E-state index contributed by atoms with van der Waals surface area (Å²) in [5.74, 6) is 1.93. The van der Waals surface area contributed by atoms with E-state index in [0.717, 1.165) is 0 Å². The van der Waals surface area contributed by atoms with E-state index in [1.165, 1.54) is 12.8 Å². The topological polar surface area (TPSA) is 90.6 Å². The maximum Gasteiger partial charge on any atom is 0.256 e. The Balaban J connectivity index is 1.47. The van der Waals surface area contributed by atoms with Crippen LogP contribution in [0.1, 0.15) is 41.0 Å². The summed E-state index contributed by atoms with van der Waals surface area (Å²) in [6.07, 6.45) is 4.00. The molecule has 1 aliphatic carbocycles. The highest BCUT2D eigenvalue weighted by atomic mass is 16.5. The minimum absolute atomic E-state index is 0.134. The first-order chi connectivity index (χ1) is 12.2. The molecule has 1 saturated heterocycles. The van der Waals surface area contributed by atoms with Crippen molar-refractivity contribution in [3.8, 4) is 5.88 Å². The lowest BCUT2D eigenvalue weighted by Gasteiger charge is -2.33. The smallest absolute Gasteiger partial charge is 0.256 e. The van der Waals surface area contributed by atoms with Crippen molar-refractivity contribution in [1.82, 2.24) is 20.1 Å². The molecule has 0 aromatic carbocycles. The molecule has 0 unspecified atom stereocenters. The maximum absolute atomic E-state index is 12.9. The molecule has 2 aromatic heterocycles. The first-order valence-electron chi connectivity index (χ1n) is 8.48. The number of amides is 1. The Labute approximate surface area is 145 Å². The van der Waals surface area contributed by atoms with Gasteiger partial charge in [0.1, 0.15) is 6.04 Å². The van der Waals surface area contributed by atoms with Gasteiger partial charge in [-0.25, -0.2) is 4.98 Å². The van der Waals surface area contributed by atoms with Crippen LogP contribution in [0, 0.1) is 12.8 Å². The van der Waals surface area contributed by atoms with Gasteiger partial charge in [0.05, 0.1) is 25.4 Å². The van der Waals surface area contributed by atoms with Gasteiger partial charge in [0.2, 0.25) is 17.7 Å². The van der Waals surface area contributed by atoms with E-state index in [4.69, 9.17) is 13.9 Å². The Morgan fingerprint density at radius 3 is 2.92 bits per heavy atom. The van der Waals surface area contributed by atoms with E-state index in [0.29, 0.717) is 55.5 Å². The standard InChI is InChI=1S/C17H20N4O4/c1-11-19-20-16(25-11)14-10-23-7-6-21(14)17(22)13-4-5-15(18-8-13)24-9-12-2-3-12/h4-5,8,12,14H,2-3,6-7,9-10H2,1H3/t14-/m1/s1. The lowest BCUT2D eigenvalue weighted by Crippen LogP contribution is -2.43. The molecule has 0 bridgehead atoms. The molecule has 0 N–H and O–H groups in total. The number of carbonyl (C=O) groups is 1. The molecule has 0 spiro atoms. The molecule has 1 saturated carbocycles. The van der Waals surface area contributed by atoms with Gasteiger partial charge in [-0.2, -0.15) is 0 Å². The summed E-state index contributed by atoms with van der Waals surface area (Å²) in [6, 6.07) is 3.10. The molecule has 132 valence electrons. The zero-order chi connectivity index (χ0) is 17.2. The van der Waals surface area contributed by atoms with Crippen LogP contribution in [0.5, 0.6) is 5.88 Å². The second-order valence-corrected chi connectivity index (χ2v) is 6.39. The number of hydrogen-bond donors (Lipinski definition) is 0. The number of aromatic nitrogens is 3. The Morgan fingerprint density at radius 1 is 1.36 bits per heavy atom. The van der Waals surface area contributed by atoms with E-state index in [2.05, 4.69) is 15.2 Å². The molecule has 2 aliphatic rings.